The standard InChI is InChI=1S/C25H23ClN2O4S/c1-15-6-9-18(25(31)32)13-22(15)28-24(30)16(2)33-21-5-3-4-20(14-21)27-23(29)12-17-7-10-19(26)11-8-17/h3-11,13-14,16H,12H2,1-2H3,(H,27,29)(H,28,30)(H,31,32). The van der Waals surface area contributed by atoms with Gasteiger partial charge in [0.2, 0.25) is 11.8 Å². The van der Waals surface area contributed by atoms with E-state index in [2.05, 4.69) is 10.6 Å². The van der Waals surface area contributed by atoms with Crippen LogP contribution in [0, 0.1) is 6.92 Å². The third-order valence-electron chi connectivity index (χ3n) is 4.82. The molecule has 170 valence electrons. The zero-order valence-corrected chi connectivity index (χ0v) is 19.7. The smallest absolute Gasteiger partial charge is 0.335 e. The predicted molar refractivity (Wildman–Crippen MR) is 132 cm³/mol. The van der Waals surface area contributed by atoms with Gasteiger partial charge in [0.25, 0.3) is 0 Å². The molecule has 33 heavy (non-hydrogen) atoms. The van der Waals surface area contributed by atoms with Gasteiger partial charge < -0.3 is 15.7 Å². The van der Waals surface area contributed by atoms with Gasteiger partial charge in [-0.15, -0.1) is 11.8 Å². The first-order chi connectivity index (χ1) is 15.7. The molecule has 3 N–H and O–H groups in total. The van der Waals surface area contributed by atoms with Crippen molar-refractivity contribution in [1.29, 1.82) is 0 Å². The molecule has 2 amide bonds. The summed E-state index contributed by atoms with van der Waals surface area (Å²) in [5, 5.41) is 15.0. The number of carbonyl (C=O) groups excluding carboxylic acids is 2. The number of carbonyl (C=O) groups is 3. The fourth-order valence-electron chi connectivity index (χ4n) is 3.02. The molecule has 3 aromatic rings. The predicted octanol–water partition coefficient (Wildman–Crippen LogP) is 5.65. The highest BCUT2D eigenvalue weighted by molar-refractivity contribution is 8.00. The van der Waals surface area contributed by atoms with Crippen molar-refractivity contribution in [2.45, 2.75) is 30.4 Å². The maximum atomic E-state index is 12.7. The van der Waals surface area contributed by atoms with Gasteiger partial charge in [0, 0.05) is 21.3 Å². The van der Waals surface area contributed by atoms with Gasteiger partial charge >= 0.3 is 5.97 Å². The lowest BCUT2D eigenvalue weighted by molar-refractivity contribution is -0.116. The van der Waals surface area contributed by atoms with Crippen molar-refractivity contribution in [3.8, 4) is 0 Å². The number of benzene rings is 3. The number of halogens is 1. The quantitative estimate of drug-likeness (QED) is 0.361. The third-order valence-corrected chi connectivity index (χ3v) is 6.17. The van der Waals surface area contributed by atoms with Gasteiger partial charge in [-0.05, 0) is 67.4 Å². The lowest BCUT2D eigenvalue weighted by atomic mass is 10.1. The zero-order chi connectivity index (χ0) is 24.0. The Balaban J connectivity index is 1.60. The number of carboxylic acid groups (broad SMARTS) is 1. The molecular weight excluding hydrogens is 460 g/mol. The van der Waals surface area contributed by atoms with E-state index in [1.807, 2.05) is 30.3 Å². The van der Waals surface area contributed by atoms with Crippen LogP contribution in [0.15, 0.2) is 71.6 Å². The molecule has 0 fully saturated rings. The fourth-order valence-corrected chi connectivity index (χ4v) is 4.07. The minimum absolute atomic E-state index is 0.109. The summed E-state index contributed by atoms with van der Waals surface area (Å²) in [4.78, 5) is 37.1. The SMILES string of the molecule is Cc1ccc(C(=O)O)cc1NC(=O)C(C)Sc1cccc(NC(=O)Cc2ccc(Cl)cc2)c1. The van der Waals surface area contributed by atoms with E-state index in [4.69, 9.17) is 16.7 Å². The van der Waals surface area contributed by atoms with Crippen molar-refractivity contribution in [3.05, 3.63) is 88.4 Å². The fraction of sp³-hybridized carbons (Fsp3) is 0.160. The zero-order valence-electron chi connectivity index (χ0n) is 18.1. The summed E-state index contributed by atoms with van der Waals surface area (Å²) in [6.07, 6.45) is 0.224. The van der Waals surface area contributed by atoms with Gasteiger partial charge in [0.1, 0.15) is 0 Å². The molecule has 0 bridgehead atoms. The number of hydrogen-bond acceptors (Lipinski definition) is 4. The van der Waals surface area contributed by atoms with E-state index < -0.39 is 11.2 Å². The molecule has 1 unspecified atom stereocenters. The number of anilines is 2. The number of thioether (sulfide) groups is 1. The molecule has 0 heterocycles. The van der Waals surface area contributed by atoms with Crippen molar-refractivity contribution in [1.82, 2.24) is 0 Å². The van der Waals surface area contributed by atoms with E-state index in [0.29, 0.717) is 16.4 Å². The summed E-state index contributed by atoms with van der Waals surface area (Å²) in [6, 6.07) is 19.0. The summed E-state index contributed by atoms with van der Waals surface area (Å²) in [7, 11) is 0. The Kier molecular flexibility index (Phi) is 8.14. The molecule has 1 atom stereocenters. The van der Waals surface area contributed by atoms with Crippen molar-refractivity contribution in [2.24, 2.45) is 0 Å². The van der Waals surface area contributed by atoms with Crippen molar-refractivity contribution < 1.29 is 19.5 Å². The van der Waals surface area contributed by atoms with E-state index in [1.54, 1.807) is 38.1 Å². The molecule has 0 aliphatic carbocycles. The van der Waals surface area contributed by atoms with Crippen LogP contribution in [0.1, 0.15) is 28.4 Å². The first-order valence-corrected chi connectivity index (χ1v) is 11.4. The summed E-state index contributed by atoms with van der Waals surface area (Å²) in [5.74, 6) is -1.45. The lowest BCUT2D eigenvalue weighted by Crippen LogP contribution is -2.23. The normalized spacial score (nSPS) is 11.5. The number of aryl methyl sites for hydroxylation is 1. The second-order valence-electron chi connectivity index (χ2n) is 7.46. The van der Waals surface area contributed by atoms with Crippen LogP contribution in [0.25, 0.3) is 0 Å². The number of aromatic carboxylic acids is 1. The Morgan fingerprint density at radius 2 is 1.73 bits per heavy atom. The molecule has 0 spiro atoms. The van der Waals surface area contributed by atoms with E-state index >= 15 is 0 Å². The number of hydrogen-bond donors (Lipinski definition) is 3. The number of amides is 2. The second-order valence-corrected chi connectivity index (χ2v) is 9.31. The average Bonchev–Trinajstić information content (AvgIpc) is 2.76. The molecule has 0 radical (unpaired) electrons. The monoisotopic (exact) mass is 482 g/mol. The van der Waals surface area contributed by atoms with Crippen molar-refractivity contribution in [3.63, 3.8) is 0 Å². The van der Waals surface area contributed by atoms with Crippen LogP contribution < -0.4 is 10.6 Å². The van der Waals surface area contributed by atoms with Gasteiger partial charge in [-0.25, -0.2) is 4.79 Å². The van der Waals surface area contributed by atoms with Gasteiger partial charge in [0.15, 0.2) is 0 Å². The van der Waals surface area contributed by atoms with Gasteiger partial charge in [-0.3, -0.25) is 9.59 Å². The minimum atomic E-state index is -1.05. The maximum absolute atomic E-state index is 12.7. The number of carboxylic acids is 1. The first-order valence-electron chi connectivity index (χ1n) is 10.2. The molecule has 0 aromatic heterocycles. The second kappa shape index (κ2) is 11.0. The van der Waals surface area contributed by atoms with Crippen molar-refractivity contribution in [2.75, 3.05) is 10.6 Å². The highest BCUT2D eigenvalue weighted by Gasteiger charge is 2.17. The Bertz CT molecular complexity index is 1180. The molecule has 0 aliphatic heterocycles. The third kappa shape index (κ3) is 7.10. The number of rotatable bonds is 8. The molecule has 8 heteroatoms. The Morgan fingerprint density at radius 1 is 1.00 bits per heavy atom. The molecule has 0 saturated heterocycles. The van der Waals surface area contributed by atoms with Crippen LogP contribution in [-0.2, 0) is 16.0 Å². The highest BCUT2D eigenvalue weighted by Crippen LogP contribution is 2.27. The van der Waals surface area contributed by atoms with Crippen LogP contribution in [0.2, 0.25) is 5.02 Å². The Hall–Kier alpha value is -3.29. The minimum Gasteiger partial charge on any atom is -0.478 e. The van der Waals surface area contributed by atoms with Crippen LogP contribution in [0.3, 0.4) is 0 Å². The van der Waals surface area contributed by atoms with Crippen LogP contribution >= 0.6 is 23.4 Å². The largest absolute Gasteiger partial charge is 0.478 e. The van der Waals surface area contributed by atoms with Gasteiger partial charge in [0.05, 0.1) is 17.2 Å². The molecule has 0 aliphatic rings. The molecule has 6 nitrogen and oxygen atoms in total. The van der Waals surface area contributed by atoms with Gasteiger partial charge in [-0.1, -0.05) is 35.9 Å². The molecule has 3 rings (SSSR count). The molecule has 0 saturated carbocycles. The van der Waals surface area contributed by atoms with E-state index in [0.717, 1.165) is 16.0 Å². The number of nitrogens with one attached hydrogen (secondary N) is 2. The molecular formula is C25H23ClN2O4S. The van der Waals surface area contributed by atoms with E-state index in [1.165, 1.54) is 23.9 Å². The van der Waals surface area contributed by atoms with Crippen LogP contribution in [-0.4, -0.2) is 28.1 Å². The van der Waals surface area contributed by atoms with Crippen LogP contribution in [0.4, 0.5) is 11.4 Å². The lowest BCUT2D eigenvalue weighted by Gasteiger charge is -2.15. The average molecular weight is 483 g/mol. The first kappa shape index (κ1) is 24.4. The summed E-state index contributed by atoms with van der Waals surface area (Å²) >= 11 is 7.22. The van der Waals surface area contributed by atoms with E-state index in [9.17, 15) is 14.4 Å². The van der Waals surface area contributed by atoms with E-state index in [-0.39, 0.29) is 23.8 Å². The summed E-state index contributed by atoms with van der Waals surface area (Å²) in [5.41, 5.74) is 2.84. The van der Waals surface area contributed by atoms with Crippen LogP contribution in [0.5, 0.6) is 0 Å². The maximum Gasteiger partial charge on any atom is 0.335 e. The Labute approximate surface area is 201 Å². The highest BCUT2D eigenvalue weighted by atomic mass is 35.5. The topological polar surface area (TPSA) is 95.5 Å². The van der Waals surface area contributed by atoms with Gasteiger partial charge in [-0.2, -0.15) is 0 Å². The molecule has 3 aromatic carbocycles. The summed E-state index contributed by atoms with van der Waals surface area (Å²) < 4.78 is 0. The Morgan fingerprint density at radius 3 is 2.42 bits per heavy atom. The van der Waals surface area contributed by atoms with Crippen molar-refractivity contribution >= 4 is 52.5 Å². The summed E-state index contributed by atoms with van der Waals surface area (Å²) in [6.45, 7) is 3.57.